The van der Waals surface area contributed by atoms with Gasteiger partial charge in [-0.2, -0.15) is 0 Å². The molecule has 1 aromatic rings. The molecule has 0 spiro atoms. The quantitative estimate of drug-likeness (QED) is 0.516. The number of amides is 1. The van der Waals surface area contributed by atoms with Crippen molar-refractivity contribution in [2.75, 3.05) is 0 Å². The molecule has 2 rings (SSSR count). The number of hydrogen-bond donors (Lipinski definition) is 0. The molecule has 0 aliphatic carbocycles. The number of piperidine rings is 1. The minimum atomic E-state index is 0.0258. The first-order valence-corrected chi connectivity index (χ1v) is 10.0. The van der Waals surface area contributed by atoms with E-state index in [1.54, 1.807) is 6.92 Å². The zero-order valence-electron chi connectivity index (χ0n) is 15.9. The predicted octanol–water partition coefficient (Wildman–Crippen LogP) is 5.73. The van der Waals surface area contributed by atoms with E-state index in [1.165, 1.54) is 0 Å². The minimum absolute atomic E-state index is 0.0258. The number of carbonyl (C=O) groups excluding carboxylic acids is 2. The van der Waals surface area contributed by atoms with Crippen molar-refractivity contribution in [2.45, 2.75) is 70.9 Å². The molecule has 1 aliphatic rings. The van der Waals surface area contributed by atoms with Crippen LogP contribution in [0.25, 0.3) is 0 Å². The highest BCUT2D eigenvalue weighted by Gasteiger charge is 2.38. The van der Waals surface area contributed by atoms with Gasteiger partial charge in [0, 0.05) is 23.4 Å². The van der Waals surface area contributed by atoms with E-state index in [2.05, 4.69) is 18.4 Å². The number of rotatable bonds is 9. The van der Waals surface area contributed by atoms with E-state index < -0.39 is 0 Å². The molecule has 1 aromatic carbocycles. The van der Waals surface area contributed by atoms with Gasteiger partial charge in [0.2, 0.25) is 5.91 Å². The molecule has 0 saturated carbocycles. The SMILES string of the molecule is C=CCC1CCC(c2ccc(Cl)cc2)N(C(CC)CCCC(C)=O)C1=O. The fraction of sp³-hybridized carbons (Fsp3) is 0.545. The second-order valence-electron chi connectivity index (χ2n) is 7.27. The Bertz CT molecular complexity index is 626. The molecule has 142 valence electrons. The van der Waals surface area contributed by atoms with Gasteiger partial charge in [-0.1, -0.05) is 36.7 Å². The topological polar surface area (TPSA) is 37.4 Å². The Morgan fingerprint density at radius 1 is 1.35 bits per heavy atom. The Morgan fingerprint density at radius 3 is 2.62 bits per heavy atom. The molecule has 0 N–H and O–H groups in total. The third-order valence-corrected chi connectivity index (χ3v) is 5.62. The molecule has 3 nitrogen and oxygen atoms in total. The predicted molar refractivity (Wildman–Crippen MR) is 107 cm³/mol. The first-order valence-electron chi connectivity index (χ1n) is 9.65. The lowest BCUT2D eigenvalue weighted by Gasteiger charge is -2.44. The molecule has 0 bridgehead atoms. The van der Waals surface area contributed by atoms with E-state index in [4.69, 9.17) is 11.6 Å². The Morgan fingerprint density at radius 2 is 2.04 bits per heavy atom. The fourth-order valence-electron chi connectivity index (χ4n) is 3.98. The van der Waals surface area contributed by atoms with Crippen molar-refractivity contribution in [1.82, 2.24) is 4.90 Å². The first kappa shape index (κ1) is 20.7. The van der Waals surface area contributed by atoms with Gasteiger partial charge >= 0.3 is 0 Å². The van der Waals surface area contributed by atoms with Gasteiger partial charge in [-0.15, -0.1) is 6.58 Å². The summed E-state index contributed by atoms with van der Waals surface area (Å²) in [5.41, 5.74) is 1.14. The molecular formula is C22H30ClNO2. The molecule has 1 heterocycles. The van der Waals surface area contributed by atoms with Crippen LogP contribution in [0.15, 0.2) is 36.9 Å². The second-order valence-corrected chi connectivity index (χ2v) is 7.70. The van der Waals surface area contributed by atoms with Gasteiger partial charge in [0.15, 0.2) is 0 Å². The summed E-state index contributed by atoms with van der Waals surface area (Å²) in [5.74, 6) is 0.465. The van der Waals surface area contributed by atoms with Crippen molar-refractivity contribution >= 4 is 23.3 Å². The summed E-state index contributed by atoms with van der Waals surface area (Å²) in [4.78, 5) is 26.7. The maximum absolute atomic E-state index is 13.2. The lowest BCUT2D eigenvalue weighted by Crippen LogP contribution is -2.48. The number of halogens is 1. The van der Waals surface area contributed by atoms with Gasteiger partial charge in [-0.05, 0) is 63.1 Å². The van der Waals surface area contributed by atoms with Crippen molar-refractivity contribution in [3.8, 4) is 0 Å². The molecule has 0 radical (unpaired) electrons. The van der Waals surface area contributed by atoms with E-state index in [9.17, 15) is 9.59 Å². The highest BCUT2D eigenvalue weighted by Crippen LogP contribution is 2.39. The van der Waals surface area contributed by atoms with Gasteiger partial charge in [0.25, 0.3) is 0 Å². The Kier molecular flexibility index (Phi) is 7.89. The Labute approximate surface area is 162 Å². The van der Waals surface area contributed by atoms with E-state index in [0.717, 1.165) is 44.1 Å². The van der Waals surface area contributed by atoms with Crippen molar-refractivity contribution in [2.24, 2.45) is 5.92 Å². The van der Waals surface area contributed by atoms with E-state index in [-0.39, 0.29) is 29.7 Å². The largest absolute Gasteiger partial charge is 0.332 e. The van der Waals surface area contributed by atoms with Gasteiger partial charge in [-0.25, -0.2) is 0 Å². The maximum atomic E-state index is 13.2. The fourth-order valence-corrected chi connectivity index (χ4v) is 4.11. The number of benzene rings is 1. The third-order valence-electron chi connectivity index (χ3n) is 5.36. The highest BCUT2D eigenvalue weighted by atomic mass is 35.5. The number of nitrogens with zero attached hydrogens (tertiary/aromatic N) is 1. The summed E-state index contributed by atoms with van der Waals surface area (Å²) in [6.45, 7) is 7.57. The van der Waals surface area contributed by atoms with Crippen LogP contribution in [0.3, 0.4) is 0 Å². The summed E-state index contributed by atoms with van der Waals surface area (Å²) < 4.78 is 0. The zero-order chi connectivity index (χ0) is 19.1. The third kappa shape index (κ3) is 5.20. The molecule has 3 unspecified atom stereocenters. The monoisotopic (exact) mass is 375 g/mol. The van der Waals surface area contributed by atoms with E-state index >= 15 is 0 Å². The average molecular weight is 376 g/mol. The summed E-state index contributed by atoms with van der Waals surface area (Å²) >= 11 is 6.04. The smallest absolute Gasteiger partial charge is 0.226 e. The van der Waals surface area contributed by atoms with Crippen molar-refractivity contribution in [3.05, 3.63) is 47.5 Å². The Hall–Kier alpha value is -1.61. The van der Waals surface area contributed by atoms with Crippen molar-refractivity contribution in [3.63, 3.8) is 0 Å². The molecule has 3 atom stereocenters. The van der Waals surface area contributed by atoms with Crippen molar-refractivity contribution in [1.29, 1.82) is 0 Å². The van der Waals surface area contributed by atoms with Crippen molar-refractivity contribution < 1.29 is 9.59 Å². The second kappa shape index (κ2) is 9.91. The van der Waals surface area contributed by atoms with E-state index in [0.29, 0.717) is 11.4 Å². The van der Waals surface area contributed by atoms with Crippen LogP contribution in [-0.4, -0.2) is 22.6 Å². The molecule has 1 fully saturated rings. The molecule has 26 heavy (non-hydrogen) atoms. The van der Waals surface area contributed by atoms with Crippen LogP contribution in [0, 0.1) is 5.92 Å². The standard InChI is InChI=1S/C22H30ClNO2/c1-4-7-18-12-15-21(17-10-13-19(23)14-11-17)24(22(18)26)20(5-2)9-6-8-16(3)25/h4,10-11,13-14,18,20-21H,1,5-9,12,15H2,2-3H3. The lowest BCUT2D eigenvalue weighted by molar-refractivity contribution is -0.145. The zero-order valence-corrected chi connectivity index (χ0v) is 16.7. The van der Waals surface area contributed by atoms with Crippen LogP contribution in [-0.2, 0) is 9.59 Å². The Balaban J connectivity index is 2.26. The van der Waals surface area contributed by atoms with Crippen LogP contribution in [0.2, 0.25) is 5.02 Å². The van der Waals surface area contributed by atoms with Crippen LogP contribution >= 0.6 is 11.6 Å². The maximum Gasteiger partial charge on any atom is 0.226 e. The number of Topliss-reactive ketones (excluding diaryl/α,β-unsaturated/α-hetero) is 1. The number of carbonyl (C=O) groups is 2. The minimum Gasteiger partial charge on any atom is -0.332 e. The summed E-state index contributed by atoms with van der Waals surface area (Å²) in [5, 5.41) is 0.709. The normalized spacial score (nSPS) is 21.5. The highest BCUT2D eigenvalue weighted by molar-refractivity contribution is 6.30. The summed E-state index contributed by atoms with van der Waals surface area (Å²) in [7, 11) is 0. The van der Waals surface area contributed by atoms with Crippen LogP contribution in [0.4, 0.5) is 0 Å². The van der Waals surface area contributed by atoms with Gasteiger partial charge < -0.3 is 9.69 Å². The molecule has 1 amide bonds. The molecule has 1 aliphatic heterocycles. The number of likely N-dealkylation sites (tertiary alicyclic amines) is 1. The van der Waals surface area contributed by atoms with Crippen LogP contribution < -0.4 is 0 Å². The molecule has 1 saturated heterocycles. The summed E-state index contributed by atoms with van der Waals surface area (Å²) in [6.07, 6.45) is 7.60. The van der Waals surface area contributed by atoms with Crippen LogP contribution in [0.5, 0.6) is 0 Å². The molecule has 4 heteroatoms. The van der Waals surface area contributed by atoms with Gasteiger partial charge in [0.05, 0.1) is 6.04 Å². The lowest BCUT2D eigenvalue weighted by atomic mass is 9.84. The molecule has 0 aromatic heterocycles. The van der Waals surface area contributed by atoms with Gasteiger partial charge in [-0.3, -0.25) is 4.79 Å². The van der Waals surface area contributed by atoms with Gasteiger partial charge in [0.1, 0.15) is 5.78 Å². The number of allylic oxidation sites excluding steroid dienone is 1. The summed E-state index contributed by atoms with van der Waals surface area (Å²) in [6, 6.07) is 8.10. The first-order chi connectivity index (χ1) is 12.5. The van der Waals surface area contributed by atoms with Crippen LogP contribution in [0.1, 0.15) is 70.4 Å². The molecular weight excluding hydrogens is 346 g/mol. The number of hydrogen-bond acceptors (Lipinski definition) is 2. The average Bonchev–Trinajstić information content (AvgIpc) is 2.61. The number of ketones is 1. The van der Waals surface area contributed by atoms with E-state index in [1.807, 2.05) is 30.3 Å².